The zero-order valence-electron chi connectivity index (χ0n) is 12.8. The lowest BCUT2D eigenvalue weighted by Gasteiger charge is -2.18. The van der Waals surface area contributed by atoms with Crippen molar-refractivity contribution in [2.45, 2.75) is 6.18 Å². The first-order valence-electron chi connectivity index (χ1n) is 7.08. The van der Waals surface area contributed by atoms with E-state index >= 15 is 0 Å². The third-order valence-corrected chi connectivity index (χ3v) is 3.32. The molecule has 1 aromatic carbocycles. The number of alkyl halides is 3. The first kappa shape index (κ1) is 17.7. The average Bonchev–Trinajstić information content (AvgIpc) is 2.55. The molecular formula is C16H16F3N3O2. The number of halogens is 3. The molecule has 0 spiro atoms. The molecule has 0 saturated heterocycles. The van der Waals surface area contributed by atoms with E-state index in [1.165, 1.54) is 0 Å². The number of aliphatic hydroxyl groups excluding tert-OH is 1. The lowest BCUT2D eigenvalue weighted by molar-refractivity contribution is -0.141. The number of anilines is 2. The number of carbonyl (C=O) groups is 1. The van der Waals surface area contributed by atoms with Gasteiger partial charge in [-0.1, -0.05) is 0 Å². The maximum absolute atomic E-state index is 12.4. The second-order valence-electron chi connectivity index (χ2n) is 5.08. The van der Waals surface area contributed by atoms with Crippen molar-refractivity contribution < 1.29 is 23.1 Å². The van der Waals surface area contributed by atoms with Crippen LogP contribution in [-0.2, 0) is 6.18 Å². The minimum atomic E-state index is -4.54. The fraction of sp³-hybridized carbons (Fsp3) is 0.250. The molecule has 128 valence electrons. The van der Waals surface area contributed by atoms with Gasteiger partial charge in [-0.25, -0.2) is 0 Å². The Kier molecular flexibility index (Phi) is 5.40. The number of likely N-dealkylation sites (N-methyl/N-ethyl adjacent to an activating group) is 1. The van der Waals surface area contributed by atoms with E-state index in [0.29, 0.717) is 12.2 Å². The van der Waals surface area contributed by atoms with Crippen LogP contribution in [-0.4, -0.2) is 36.2 Å². The Hall–Kier alpha value is -2.61. The van der Waals surface area contributed by atoms with Crippen LogP contribution in [0.25, 0.3) is 0 Å². The van der Waals surface area contributed by atoms with Crippen LogP contribution < -0.4 is 10.2 Å². The van der Waals surface area contributed by atoms with Crippen LogP contribution >= 0.6 is 0 Å². The van der Waals surface area contributed by atoms with Crippen molar-refractivity contribution in [2.24, 2.45) is 0 Å². The molecule has 2 N–H and O–H groups in total. The summed E-state index contributed by atoms with van der Waals surface area (Å²) < 4.78 is 37.3. The lowest BCUT2D eigenvalue weighted by Crippen LogP contribution is -2.21. The number of rotatable bonds is 5. The number of nitrogens with one attached hydrogen (secondary N) is 1. The van der Waals surface area contributed by atoms with Crippen molar-refractivity contribution in [3.63, 3.8) is 0 Å². The second kappa shape index (κ2) is 7.31. The first-order chi connectivity index (χ1) is 11.3. The van der Waals surface area contributed by atoms with Gasteiger partial charge in [-0.2, -0.15) is 13.2 Å². The molecule has 1 amide bonds. The number of aromatic nitrogens is 1. The summed E-state index contributed by atoms with van der Waals surface area (Å²) in [6.45, 7) is 0.499. The number of aliphatic hydroxyl groups is 1. The van der Waals surface area contributed by atoms with E-state index in [1.54, 1.807) is 24.3 Å². The Morgan fingerprint density at radius 1 is 1.21 bits per heavy atom. The van der Waals surface area contributed by atoms with Gasteiger partial charge in [-0.3, -0.25) is 9.78 Å². The van der Waals surface area contributed by atoms with Gasteiger partial charge in [0.25, 0.3) is 5.91 Å². The molecule has 0 atom stereocenters. The van der Waals surface area contributed by atoms with Crippen LogP contribution in [0.3, 0.4) is 0 Å². The minimum absolute atomic E-state index is 0.0237. The van der Waals surface area contributed by atoms with Crippen LogP contribution in [0.15, 0.2) is 42.6 Å². The Balaban J connectivity index is 2.04. The standard InChI is InChI=1S/C16H16F3N3O2/c1-22(8-9-23)13-5-3-12(4-6-13)21-15(24)11-2-7-14(20-10-11)16(17,18)19/h2-7,10,23H,8-9H2,1H3,(H,21,24). The molecule has 0 bridgehead atoms. The Morgan fingerprint density at radius 3 is 2.38 bits per heavy atom. The van der Waals surface area contributed by atoms with E-state index in [2.05, 4.69) is 10.3 Å². The molecule has 0 radical (unpaired) electrons. The minimum Gasteiger partial charge on any atom is -0.395 e. The molecule has 2 rings (SSSR count). The number of hydrogen-bond acceptors (Lipinski definition) is 4. The zero-order valence-corrected chi connectivity index (χ0v) is 12.8. The average molecular weight is 339 g/mol. The highest BCUT2D eigenvalue weighted by Crippen LogP contribution is 2.27. The number of nitrogens with zero attached hydrogens (tertiary/aromatic N) is 2. The summed E-state index contributed by atoms with van der Waals surface area (Å²) in [5, 5.41) is 11.5. The highest BCUT2D eigenvalue weighted by Gasteiger charge is 2.32. The van der Waals surface area contributed by atoms with Crippen molar-refractivity contribution in [1.29, 1.82) is 0 Å². The molecule has 0 aliphatic carbocycles. The summed E-state index contributed by atoms with van der Waals surface area (Å²) in [4.78, 5) is 17.1. The van der Waals surface area contributed by atoms with Gasteiger partial charge in [0.2, 0.25) is 0 Å². The molecule has 1 aromatic heterocycles. The predicted octanol–water partition coefficient (Wildman–Crippen LogP) is 2.78. The molecule has 0 saturated carbocycles. The summed E-state index contributed by atoms with van der Waals surface area (Å²) in [7, 11) is 1.82. The van der Waals surface area contributed by atoms with E-state index in [0.717, 1.165) is 24.0 Å². The van der Waals surface area contributed by atoms with E-state index < -0.39 is 17.8 Å². The van der Waals surface area contributed by atoms with E-state index in [9.17, 15) is 18.0 Å². The van der Waals surface area contributed by atoms with E-state index in [4.69, 9.17) is 5.11 Å². The monoisotopic (exact) mass is 339 g/mol. The fourth-order valence-corrected chi connectivity index (χ4v) is 1.98. The molecule has 0 fully saturated rings. The van der Waals surface area contributed by atoms with Crippen molar-refractivity contribution in [3.05, 3.63) is 53.9 Å². The third kappa shape index (κ3) is 4.45. The molecule has 0 aliphatic heterocycles. The topological polar surface area (TPSA) is 65.5 Å². The number of pyridine rings is 1. The summed E-state index contributed by atoms with van der Waals surface area (Å²) in [6, 6.07) is 8.69. The largest absolute Gasteiger partial charge is 0.433 e. The number of carbonyl (C=O) groups excluding carboxylic acids is 1. The van der Waals surface area contributed by atoms with Crippen LogP contribution in [0.5, 0.6) is 0 Å². The van der Waals surface area contributed by atoms with Gasteiger partial charge >= 0.3 is 6.18 Å². The van der Waals surface area contributed by atoms with Gasteiger partial charge in [0.05, 0.1) is 12.2 Å². The number of benzene rings is 1. The molecule has 0 unspecified atom stereocenters. The molecule has 8 heteroatoms. The van der Waals surface area contributed by atoms with Gasteiger partial charge < -0.3 is 15.3 Å². The van der Waals surface area contributed by atoms with Crippen LogP contribution in [0.4, 0.5) is 24.5 Å². The summed E-state index contributed by atoms with van der Waals surface area (Å²) in [6.07, 6.45) is -3.65. The normalized spacial score (nSPS) is 11.2. The Morgan fingerprint density at radius 2 is 1.88 bits per heavy atom. The Bertz CT molecular complexity index is 685. The highest BCUT2D eigenvalue weighted by molar-refractivity contribution is 6.04. The van der Waals surface area contributed by atoms with Crippen molar-refractivity contribution in [2.75, 3.05) is 30.4 Å². The molecule has 2 aromatic rings. The first-order valence-corrected chi connectivity index (χ1v) is 7.08. The maximum atomic E-state index is 12.4. The fourth-order valence-electron chi connectivity index (χ4n) is 1.98. The highest BCUT2D eigenvalue weighted by atomic mass is 19.4. The van der Waals surface area contributed by atoms with Gasteiger partial charge in [-0.15, -0.1) is 0 Å². The molecular weight excluding hydrogens is 323 g/mol. The smallest absolute Gasteiger partial charge is 0.395 e. The Labute approximate surface area is 136 Å². The summed E-state index contributed by atoms with van der Waals surface area (Å²) in [5.74, 6) is -0.548. The maximum Gasteiger partial charge on any atom is 0.433 e. The van der Waals surface area contributed by atoms with Gasteiger partial charge in [0, 0.05) is 31.2 Å². The quantitative estimate of drug-likeness (QED) is 0.879. The molecule has 0 aliphatic rings. The summed E-state index contributed by atoms with van der Waals surface area (Å²) >= 11 is 0. The van der Waals surface area contributed by atoms with E-state index in [-0.39, 0.29) is 12.2 Å². The molecule has 1 heterocycles. The van der Waals surface area contributed by atoms with Crippen molar-refractivity contribution >= 4 is 17.3 Å². The van der Waals surface area contributed by atoms with Crippen molar-refractivity contribution in [1.82, 2.24) is 4.98 Å². The zero-order chi connectivity index (χ0) is 17.7. The van der Waals surface area contributed by atoms with Gasteiger partial charge in [0.1, 0.15) is 5.69 Å². The van der Waals surface area contributed by atoms with Crippen LogP contribution in [0, 0.1) is 0 Å². The number of hydrogen-bond donors (Lipinski definition) is 2. The predicted molar refractivity (Wildman–Crippen MR) is 84.0 cm³/mol. The van der Waals surface area contributed by atoms with E-state index in [1.807, 2.05) is 11.9 Å². The van der Waals surface area contributed by atoms with Gasteiger partial charge in [0.15, 0.2) is 0 Å². The third-order valence-electron chi connectivity index (χ3n) is 3.32. The second-order valence-corrected chi connectivity index (χ2v) is 5.08. The van der Waals surface area contributed by atoms with Crippen LogP contribution in [0.2, 0.25) is 0 Å². The summed E-state index contributed by atoms with van der Waals surface area (Å²) in [5.41, 5.74) is 0.346. The van der Waals surface area contributed by atoms with Gasteiger partial charge in [-0.05, 0) is 36.4 Å². The van der Waals surface area contributed by atoms with Crippen molar-refractivity contribution in [3.8, 4) is 0 Å². The SMILES string of the molecule is CN(CCO)c1ccc(NC(=O)c2ccc(C(F)(F)F)nc2)cc1. The molecule has 24 heavy (non-hydrogen) atoms. The molecule has 5 nitrogen and oxygen atoms in total. The lowest BCUT2D eigenvalue weighted by atomic mass is 10.2. The number of amides is 1. The van der Waals surface area contributed by atoms with Crippen LogP contribution in [0.1, 0.15) is 16.1 Å².